The Kier molecular flexibility index (Phi) is 4.44. The highest BCUT2D eigenvalue weighted by molar-refractivity contribution is 5.94. The molecule has 0 saturated carbocycles. The van der Waals surface area contributed by atoms with E-state index in [9.17, 15) is 4.79 Å². The van der Waals surface area contributed by atoms with Crippen molar-refractivity contribution in [2.45, 2.75) is 31.7 Å². The second kappa shape index (κ2) is 6.48. The Morgan fingerprint density at radius 1 is 1.29 bits per heavy atom. The highest BCUT2D eigenvalue weighted by Gasteiger charge is 2.30. The molecule has 0 bridgehead atoms. The Bertz CT molecular complexity index is 489. The van der Waals surface area contributed by atoms with Crippen LogP contribution in [0.2, 0.25) is 0 Å². The van der Waals surface area contributed by atoms with Gasteiger partial charge in [0.1, 0.15) is 5.75 Å². The molecule has 114 valence electrons. The van der Waals surface area contributed by atoms with E-state index in [1.807, 2.05) is 29.2 Å². The molecule has 2 saturated heterocycles. The van der Waals surface area contributed by atoms with Gasteiger partial charge in [-0.15, -0.1) is 0 Å². The van der Waals surface area contributed by atoms with Gasteiger partial charge in [-0.3, -0.25) is 4.79 Å². The summed E-state index contributed by atoms with van der Waals surface area (Å²) in [4.78, 5) is 14.5. The summed E-state index contributed by atoms with van der Waals surface area (Å²) >= 11 is 0. The highest BCUT2D eigenvalue weighted by Crippen LogP contribution is 2.26. The van der Waals surface area contributed by atoms with E-state index in [1.165, 1.54) is 12.8 Å². The standard InChI is InChI=1S/C17H24N2O2/c1-21-15-5-2-4-14(12-15)17(20)19-10-7-13(8-11-19)16-6-3-9-18-16/h2,4-5,12-13,16,18H,3,6-11H2,1H3. The number of nitrogens with one attached hydrogen (secondary N) is 1. The zero-order chi connectivity index (χ0) is 14.7. The Balaban J connectivity index is 1.59. The quantitative estimate of drug-likeness (QED) is 0.928. The molecule has 21 heavy (non-hydrogen) atoms. The van der Waals surface area contributed by atoms with Gasteiger partial charge >= 0.3 is 0 Å². The second-order valence-electron chi connectivity index (χ2n) is 6.06. The van der Waals surface area contributed by atoms with Crippen LogP contribution in [0.15, 0.2) is 24.3 Å². The fraction of sp³-hybridized carbons (Fsp3) is 0.588. The van der Waals surface area contributed by atoms with Crippen molar-refractivity contribution in [1.29, 1.82) is 0 Å². The van der Waals surface area contributed by atoms with Crippen molar-refractivity contribution in [3.05, 3.63) is 29.8 Å². The van der Waals surface area contributed by atoms with E-state index in [0.717, 1.165) is 49.7 Å². The first-order chi connectivity index (χ1) is 10.3. The number of piperidine rings is 1. The molecule has 1 N–H and O–H groups in total. The summed E-state index contributed by atoms with van der Waals surface area (Å²) in [6, 6.07) is 8.12. The molecule has 0 spiro atoms. The predicted octanol–water partition coefficient (Wildman–Crippen LogP) is 2.30. The summed E-state index contributed by atoms with van der Waals surface area (Å²) in [5, 5.41) is 3.60. The fourth-order valence-corrected chi connectivity index (χ4v) is 3.56. The molecule has 0 radical (unpaired) electrons. The normalized spacial score (nSPS) is 23.3. The minimum atomic E-state index is 0.131. The third-order valence-electron chi connectivity index (χ3n) is 4.81. The van der Waals surface area contributed by atoms with Gasteiger partial charge in [0.25, 0.3) is 5.91 Å². The van der Waals surface area contributed by atoms with Crippen LogP contribution < -0.4 is 10.1 Å². The third-order valence-corrected chi connectivity index (χ3v) is 4.81. The topological polar surface area (TPSA) is 41.6 Å². The van der Waals surface area contributed by atoms with Gasteiger partial charge in [-0.25, -0.2) is 0 Å². The van der Waals surface area contributed by atoms with Crippen LogP contribution in [0.3, 0.4) is 0 Å². The predicted molar refractivity (Wildman–Crippen MR) is 82.6 cm³/mol. The van der Waals surface area contributed by atoms with E-state index in [-0.39, 0.29) is 5.91 Å². The molecule has 2 aliphatic heterocycles. The highest BCUT2D eigenvalue weighted by atomic mass is 16.5. The van der Waals surface area contributed by atoms with Crippen molar-refractivity contribution >= 4 is 5.91 Å². The molecule has 1 unspecified atom stereocenters. The Hall–Kier alpha value is -1.55. The maximum absolute atomic E-state index is 12.6. The molecule has 4 heteroatoms. The molecular formula is C17H24N2O2. The van der Waals surface area contributed by atoms with Gasteiger partial charge in [-0.1, -0.05) is 6.07 Å². The maximum atomic E-state index is 12.6. The number of likely N-dealkylation sites (tertiary alicyclic amines) is 1. The molecule has 0 aliphatic carbocycles. The van der Waals surface area contributed by atoms with Crippen LogP contribution in [0.5, 0.6) is 5.75 Å². The SMILES string of the molecule is COc1cccc(C(=O)N2CCC(C3CCCN3)CC2)c1. The molecule has 4 nitrogen and oxygen atoms in total. The number of ether oxygens (including phenoxy) is 1. The van der Waals surface area contributed by atoms with Gasteiger partial charge in [-0.2, -0.15) is 0 Å². The van der Waals surface area contributed by atoms with Gasteiger partial charge < -0.3 is 15.0 Å². The summed E-state index contributed by atoms with van der Waals surface area (Å²) in [6.07, 6.45) is 4.84. The van der Waals surface area contributed by atoms with E-state index in [4.69, 9.17) is 4.74 Å². The van der Waals surface area contributed by atoms with Gasteiger partial charge in [0.2, 0.25) is 0 Å². The first-order valence-electron chi connectivity index (χ1n) is 7.94. The van der Waals surface area contributed by atoms with Crippen LogP contribution in [0.25, 0.3) is 0 Å². The van der Waals surface area contributed by atoms with Crippen LogP contribution in [-0.4, -0.2) is 43.6 Å². The number of hydrogen-bond donors (Lipinski definition) is 1. The number of methoxy groups -OCH3 is 1. The maximum Gasteiger partial charge on any atom is 0.253 e. The summed E-state index contributed by atoms with van der Waals surface area (Å²) in [5.74, 6) is 1.61. The van der Waals surface area contributed by atoms with E-state index in [0.29, 0.717) is 6.04 Å². The summed E-state index contributed by atoms with van der Waals surface area (Å²) in [5.41, 5.74) is 0.729. The molecule has 1 atom stereocenters. The summed E-state index contributed by atoms with van der Waals surface area (Å²) in [7, 11) is 1.63. The zero-order valence-corrected chi connectivity index (χ0v) is 12.7. The van der Waals surface area contributed by atoms with Crippen LogP contribution in [0.4, 0.5) is 0 Å². The largest absolute Gasteiger partial charge is 0.497 e. The summed E-state index contributed by atoms with van der Waals surface area (Å²) in [6.45, 7) is 2.91. The van der Waals surface area contributed by atoms with Gasteiger partial charge in [0.05, 0.1) is 7.11 Å². The van der Waals surface area contributed by atoms with Crippen LogP contribution in [-0.2, 0) is 0 Å². The lowest BCUT2D eigenvalue weighted by Crippen LogP contribution is -2.43. The number of rotatable bonds is 3. The van der Waals surface area contributed by atoms with Crippen molar-refractivity contribution in [3.8, 4) is 5.75 Å². The third kappa shape index (κ3) is 3.21. The molecule has 1 amide bonds. The van der Waals surface area contributed by atoms with Gasteiger partial charge in [0, 0.05) is 24.7 Å². The number of carbonyl (C=O) groups is 1. The van der Waals surface area contributed by atoms with Crippen LogP contribution in [0, 0.1) is 5.92 Å². The summed E-state index contributed by atoms with van der Waals surface area (Å²) < 4.78 is 5.20. The van der Waals surface area contributed by atoms with E-state index >= 15 is 0 Å². The van der Waals surface area contributed by atoms with Crippen molar-refractivity contribution < 1.29 is 9.53 Å². The lowest BCUT2D eigenvalue weighted by molar-refractivity contribution is 0.0674. The Labute approximate surface area is 126 Å². The first kappa shape index (κ1) is 14.4. The Morgan fingerprint density at radius 3 is 2.76 bits per heavy atom. The van der Waals surface area contributed by atoms with Crippen molar-refractivity contribution in [2.24, 2.45) is 5.92 Å². The zero-order valence-electron chi connectivity index (χ0n) is 12.7. The molecule has 2 fully saturated rings. The molecule has 1 aromatic carbocycles. The molecule has 0 aromatic heterocycles. The van der Waals surface area contributed by atoms with Crippen molar-refractivity contribution in [3.63, 3.8) is 0 Å². The van der Waals surface area contributed by atoms with Crippen molar-refractivity contribution in [1.82, 2.24) is 10.2 Å². The fourth-order valence-electron chi connectivity index (χ4n) is 3.56. The molecule has 2 aliphatic rings. The lowest BCUT2D eigenvalue weighted by atomic mass is 9.88. The lowest BCUT2D eigenvalue weighted by Gasteiger charge is -2.35. The minimum absolute atomic E-state index is 0.131. The van der Waals surface area contributed by atoms with Crippen LogP contribution in [0.1, 0.15) is 36.0 Å². The minimum Gasteiger partial charge on any atom is -0.497 e. The number of nitrogens with zero attached hydrogens (tertiary/aromatic N) is 1. The van der Waals surface area contributed by atoms with Gasteiger partial charge in [0.15, 0.2) is 0 Å². The Morgan fingerprint density at radius 2 is 2.10 bits per heavy atom. The second-order valence-corrected chi connectivity index (χ2v) is 6.06. The molecule has 2 heterocycles. The van der Waals surface area contributed by atoms with Crippen molar-refractivity contribution in [2.75, 3.05) is 26.7 Å². The number of amides is 1. The molecule has 3 rings (SSSR count). The van der Waals surface area contributed by atoms with E-state index in [2.05, 4.69) is 5.32 Å². The first-order valence-corrected chi connectivity index (χ1v) is 7.94. The molecule has 1 aromatic rings. The number of carbonyl (C=O) groups excluding carboxylic acids is 1. The molecular weight excluding hydrogens is 264 g/mol. The monoisotopic (exact) mass is 288 g/mol. The van der Waals surface area contributed by atoms with Crippen LogP contribution >= 0.6 is 0 Å². The number of hydrogen-bond acceptors (Lipinski definition) is 3. The van der Waals surface area contributed by atoms with Gasteiger partial charge in [-0.05, 0) is 56.3 Å². The van der Waals surface area contributed by atoms with E-state index < -0.39 is 0 Å². The smallest absolute Gasteiger partial charge is 0.253 e. The average molecular weight is 288 g/mol. The van der Waals surface area contributed by atoms with E-state index in [1.54, 1.807) is 7.11 Å². The number of benzene rings is 1. The average Bonchev–Trinajstić information content (AvgIpc) is 3.09.